The average Bonchev–Trinajstić information content (AvgIpc) is 3.37. The standard InChI is InChI=1S/C38H41ClN4O7S/c1-8-12-40-35(45)29-10-9-24(32(42-29)36(46)48-7)25-18-30-27(33-23(11-13-49-30)15-21(3)51-33)17-26(25)34(44)43-31-20(2)14-22(16-28(31)39)19-41-37(47)50-38(4,5)6/h9-10,14-18H,8,11-13,19H2,1-7H3,(H,40,45)(H,41,47)(H,43,44). The molecule has 2 aromatic heterocycles. The number of aryl methyl sites for hydroxylation is 2. The van der Waals surface area contributed by atoms with Gasteiger partial charge in [0.25, 0.3) is 11.8 Å². The van der Waals surface area contributed by atoms with E-state index in [1.54, 1.807) is 63.3 Å². The number of anilines is 1. The summed E-state index contributed by atoms with van der Waals surface area (Å²) in [6, 6.07) is 12.2. The van der Waals surface area contributed by atoms with Gasteiger partial charge < -0.3 is 30.2 Å². The molecule has 0 radical (unpaired) electrons. The molecule has 0 unspecified atom stereocenters. The molecule has 13 heteroatoms. The smallest absolute Gasteiger partial charge is 0.407 e. The lowest BCUT2D eigenvalue weighted by Gasteiger charge is -2.20. The molecule has 268 valence electrons. The molecule has 0 saturated heterocycles. The summed E-state index contributed by atoms with van der Waals surface area (Å²) in [6.07, 6.45) is 0.848. The molecule has 0 bridgehead atoms. The van der Waals surface area contributed by atoms with Gasteiger partial charge >= 0.3 is 12.1 Å². The third-order valence-electron chi connectivity index (χ3n) is 7.92. The zero-order chi connectivity index (χ0) is 37.0. The Hall–Kier alpha value is -4.94. The van der Waals surface area contributed by atoms with Crippen LogP contribution in [0.2, 0.25) is 5.02 Å². The number of hydrogen-bond acceptors (Lipinski definition) is 9. The third-order valence-corrected chi connectivity index (χ3v) is 9.35. The molecule has 0 aliphatic carbocycles. The highest BCUT2D eigenvalue weighted by Gasteiger charge is 2.28. The van der Waals surface area contributed by atoms with E-state index in [9.17, 15) is 19.2 Å². The highest BCUT2D eigenvalue weighted by atomic mass is 35.5. The summed E-state index contributed by atoms with van der Waals surface area (Å²) in [5, 5.41) is 8.73. The number of carbonyl (C=O) groups is 4. The molecule has 3 amide bonds. The Morgan fingerprint density at radius 1 is 0.980 bits per heavy atom. The fourth-order valence-electron chi connectivity index (χ4n) is 5.67. The summed E-state index contributed by atoms with van der Waals surface area (Å²) < 4.78 is 16.6. The first kappa shape index (κ1) is 37.3. The average molecular weight is 733 g/mol. The van der Waals surface area contributed by atoms with Crippen molar-refractivity contribution in [3.8, 4) is 27.3 Å². The molecule has 4 aromatic rings. The van der Waals surface area contributed by atoms with Crippen LogP contribution in [0.1, 0.15) is 87.0 Å². The Morgan fingerprint density at radius 2 is 1.75 bits per heavy atom. The molecule has 1 aliphatic heterocycles. The minimum absolute atomic E-state index is 0.0342. The molecule has 5 rings (SSSR count). The van der Waals surface area contributed by atoms with E-state index in [1.807, 2.05) is 19.9 Å². The summed E-state index contributed by atoms with van der Waals surface area (Å²) in [5.74, 6) is -1.17. The summed E-state index contributed by atoms with van der Waals surface area (Å²) >= 11 is 8.34. The van der Waals surface area contributed by atoms with Crippen molar-refractivity contribution in [2.45, 2.75) is 66.5 Å². The summed E-state index contributed by atoms with van der Waals surface area (Å²) in [5.41, 5.74) is 3.71. The fourth-order valence-corrected chi connectivity index (χ4v) is 7.09. The number of pyridine rings is 1. The first-order chi connectivity index (χ1) is 24.2. The SMILES string of the molecule is CCCNC(=O)c1ccc(-c2cc3c(cc2C(=O)Nc2c(C)cc(CNC(=O)OC(C)(C)C)cc2Cl)-c2sc(C)cc2CCO3)c(C(=O)OC)n1. The Kier molecular flexibility index (Phi) is 11.4. The van der Waals surface area contributed by atoms with E-state index in [0.29, 0.717) is 47.7 Å². The van der Waals surface area contributed by atoms with Gasteiger partial charge in [0.1, 0.15) is 17.0 Å². The van der Waals surface area contributed by atoms with E-state index in [0.717, 1.165) is 27.3 Å². The molecular weight excluding hydrogens is 692 g/mol. The van der Waals surface area contributed by atoms with Gasteiger partial charge in [-0.2, -0.15) is 0 Å². The van der Waals surface area contributed by atoms with Crippen molar-refractivity contribution in [2.24, 2.45) is 0 Å². The summed E-state index contributed by atoms with van der Waals surface area (Å²) in [4.78, 5) is 59.1. The van der Waals surface area contributed by atoms with Crippen molar-refractivity contribution in [1.29, 1.82) is 0 Å². The summed E-state index contributed by atoms with van der Waals surface area (Å²) in [7, 11) is 1.23. The molecule has 0 spiro atoms. The molecule has 0 atom stereocenters. The lowest BCUT2D eigenvalue weighted by molar-refractivity contribution is 0.0522. The lowest BCUT2D eigenvalue weighted by atomic mass is 9.93. The van der Waals surface area contributed by atoms with Gasteiger partial charge in [-0.25, -0.2) is 14.6 Å². The van der Waals surface area contributed by atoms with Crippen LogP contribution in [-0.2, 0) is 22.4 Å². The molecule has 3 N–H and O–H groups in total. The molecule has 1 aliphatic rings. The highest BCUT2D eigenvalue weighted by molar-refractivity contribution is 7.15. The van der Waals surface area contributed by atoms with Crippen molar-refractivity contribution >= 4 is 52.5 Å². The number of alkyl carbamates (subject to hydrolysis) is 1. The number of carbonyl (C=O) groups excluding carboxylic acids is 4. The van der Waals surface area contributed by atoms with Crippen LogP contribution in [0.5, 0.6) is 5.75 Å². The normalized spacial score (nSPS) is 12.1. The van der Waals surface area contributed by atoms with Gasteiger partial charge in [0.15, 0.2) is 5.69 Å². The number of nitrogens with zero attached hydrogens (tertiary/aromatic N) is 1. The maximum Gasteiger partial charge on any atom is 0.407 e. The van der Waals surface area contributed by atoms with Crippen molar-refractivity contribution < 1.29 is 33.4 Å². The van der Waals surface area contributed by atoms with Crippen LogP contribution >= 0.6 is 22.9 Å². The molecule has 2 aromatic carbocycles. The van der Waals surface area contributed by atoms with Crippen LogP contribution in [0.3, 0.4) is 0 Å². The quantitative estimate of drug-likeness (QED) is 0.147. The van der Waals surface area contributed by atoms with Gasteiger partial charge in [0.05, 0.1) is 24.4 Å². The number of esters is 1. The zero-order valence-electron chi connectivity index (χ0n) is 29.7. The van der Waals surface area contributed by atoms with E-state index in [-0.39, 0.29) is 34.1 Å². The number of halogens is 1. The number of ether oxygens (including phenoxy) is 3. The number of rotatable bonds is 9. The van der Waals surface area contributed by atoms with Crippen molar-refractivity contribution in [3.05, 3.63) is 86.0 Å². The van der Waals surface area contributed by atoms with Gasteiger partial charge in [-0.1, -0.05) is 24.6 Å². The van der Waals surface area contributed by atoms with E-state index in [1.165, 1.54) is 13.2 Å². The number of aromatic nitrogens is 1. The van der Waals surface area contributed by atoms with Crippen LogP contribution in [0, 0.1) is 13.8 Å². The Balaban J connectivity index is 1.59. The second kappa shape index (κ2) is 15.5. The Labute approximate surface area is 306 Å². The van der Waals surface area contributed by atoms with E-state index < -0.39 is 29.5 Å². The minimum atomic E-state index is -0.775. The van der Waals surface area contributed by atoms with Crippen molar-refractivity contribution in [3.63, 3.8) is 0 Å². The van der Waals surface area contributed by atoms with Crippen LogP contribution < -0.4 is 20.7 Å². The zero-order valence-corrected chi connectivity index (χ0v) is 31.2. The van der Waals surface area contributed by atoms with Gasteiger partial charge in [-0.3, -0.25) is 9.59 Å². The van der Waals surface area contributed by atoms with Gasteiger partial charge in [0.2, 0.25) is 0 Å². The number of hydrogen-bond donors (Lipinski definition) is 3. The van der Waals surface area contributed by atoms with Crippen LogP contribution in [0.4, 0.5) is 10.5 Å². The van der Waals surface area contributed by atoms with E-state index in [4.69, 9.17) is 25.8 Å². The molecule has 0 saturated carbocycles. The Bertz CT molecular complexity index is 1990. The highest BCUT2D eigenvalue weighted by Crippen LogP contribution is 2.44. The van der Waals surface area contributed by atoms with Crippen molar-refractivity contribution in [1.82, 2.24) is 15.6 Å². The minimum Gasteiger partial charge on any atom is -0.493 e. The number of benzene rings is 2. The predicted octanol–water partition coefficient (Wildman–Crippen LogP) is 7.89. The van der Waals surface area contributed by atoms with Crippen molar-refractivity contribution in [2.75, 3.05) is 25.6 Å². The maximum atomic E-state index is 14.4. The Morgan fingerprint density at radius 3 is 2.43 bits per heavy atom. The lowest BCUT2D eigenvalue weighted by Crippen LogP contribution is -2.32. The van der Waals surface area contributed by atoms with E-state index in [2.05, 4.69) is 27.0 Å². The number of methoxy groups -OCH3 is 1. The molecular formula is C38H41ClN4O7S. The van der Waals surface area contributed by atoms with Gasteiger partial charge in [-0.05, 0) is 94.1 Å². The van der Waals surface area contributed by atoms with Gasteiger partial charge in [0, 0.05) is 51.5 Å². The number of thiophene rings is 1. The van der Waals surface area contributed by atoms with Crippen LogP contribution in [0.25, 0.3) is 21.6 Å². The largest absolute Gasteiger partial charge is 0.493 e. The summed E-state index contributed by atoms with van der Waals surface area (Å²) in [6.45, 7) is 12.1. The maximum absolute atomic E-state index is 14.4. The van der Waals surface area contributed by atoms with Gasteiger partial charge in [-0.15, -0.1) is 11.3 Å². The molecule has 3 heterocycles. The first-order valence-electron chi connectivity index (χ1n) is 16.5. The molecule has 51 heavy (non-hydrogen) atoms. The van der Waals surface area contributed by atoms with Crippen LogP contribution in [-0.4, -0.2) is 54.7 Å². The first-order valence-corrected chi connectivity index (χ1v) is 17.7. The van der Waals surface area contributed by atoms with Crippen LogP contribution in [0.15, 0.2) is 42.5 Å². The topological polar surface area (TPSA) is 145 Å². The molecule has 11 nitrogen and oxygen atoms in total. The predicted molar refractivity (Wildman–Crippen MR) is 198 cm³/mol. The molecule has 0 fully saturated rings. The second-order valence-electron chi connectivity index (χ2n) is 13.1. The third kappa shape index (κ3) is 8.69. The number of fused-ring (bicyclic) bond motifs is 3. The number of nitrogens with one attached hydrogen (secondary N) is 3. The number of amides is 3. The monoisotopic (exact) mass is 732 g/mol. The van der Waals surface area contributed by atoms with E-state index >= 15 is 0 Å². The second-order valence-corrected chi connectivity index (χ2v) is 14.8. The fraction of sp³-hybridized carbons (Fsp3) is 0.342.